The molecule has 0 atom stereocenters. The maximum atomic E-state index is 11.4. The molecule has 0 fully saturated rings. The van der Waals surface area contributed by atoms with Crippen LogP contribution in [0.1, 0.15) is 48.5 Å². The van der Waals surface area contributed by atoms with Crippen LogP contribution in [0.3, 0.4) is 0 Å². The van der Waals surface area contributed by atoms with E-state index >= 15 is 0 Å². The van der Waals surface area contributed by atoms with Gasteiger partial charge in [-0.1, -0.05) is 6.08 Å². The number of rotatable bonds is 10. The molecule has 0 aliphatic carbocycles. The Morgan fingerprint density at radius 3 is 1.71 bits per heavy atom. The molecule has 0 rings (SSSR count). The molecule has 0 saturated heterocycles. The first kappa shape index (κ1) is 20.3. The standard InChI is InChI=1S/C15H30O5Si/c1-8-9-15(16)17-10-11-21(18-12(2)3,19-13(4)5)20-14(6)7/h8-9,12-14H,10-11H2,1-7H3. The molecule has 5 nitrogen and oxygen atoms in total. The Kier molecular flexibility index (Phi) is 9.77. The van der Waals surface area contributed by atoms with Crippen molar-refractivity contribution in [2.75, 3.05) is 6.61 Å². The second kappa shape index (κ2) is 10.1. The number of hydrogen-bond donors (Lipinski definition) is 0. The minimum absolute atomic E-state index is 0.0135. The summed E-state index contributed by atoms with van der Waals surface area (Å²) in [4.78, 5) is 11.4. The van der Waals surface area contributed by atoms with Gasteiger partial charge in [0, 0.05) is 24.4 Å². The van der Waals surface area contributed by atoms with Crippen molar-refractivity contribution in [2.45, 2.75) is 72.8 Å². The molecule has 21 heavy (non-hydrogen) atoms. The molecular formula is C15H30O5Si. The molecule has 0 aromatic carbocycles. The van der Waals surface area contributed by atoms with Gasteiger partial charge in [0.1, 0.15) is 0 Å². The van der Waals surface area contributed by atoms with Gasteiger partial charge in [-0.3, -0.25) is 0 Å². The molecule has 0 aromatic heterocycles. The van der Waals surface area contributed by atoms with E-state index in [1.165, 1.54) is 6.08 Å². The highest BCUT2D eigenvalue weighted by Crippen LogP contribution is 2.22. The molecule has 0 saturated carbocycles. The Bertz CT molecular complexity index is 299. The third kappa shape index (κ3) is 9.79. The van der Waals surface area contributed by atoms with E-state index in [9.17, 15) is 4.79 Å². The summed E-state index contributed by atoms with van der Waals surface area (Å²) in [5.74, 6) is -0.362. The molecule has 0 heterocycles. The number of allylic oxidation sites excluding steroid dienone is 1. The quantitative estimate of drug-likeness (QED) is 0.351. The lowest BCUT2D eigenvalue weighted by Crippen LogP contribution is -2.51. The number of carbonyl (C=O) groups is 1. The van der Waals surface area contributed by atoms with Gasteiger partial charge in [-0.25, -0.2) is 4.79 Å². The molecule has 6 heteroatoms. The minimum atomic E-state index is -2.88. The van der Waals surface area contributed by atoms with Crippen LogP contribution in [-0.2, 0) is 22.8 Å². The molecule has 0 unspecified atom stereocenters. The summed E-state index contributed by atoms with van der Waals surface area (Å²) >= 11 is 0. The monoisotopic (exact) mass is 318 g/mol. The fourth-order valence-corrected chi connectivity index (χ4v) is 4.83. The average Bonchev–Trinajstić information content (AvgIpc) is 2.25. The zero-order valence-electron chi connectivity index (χ0n) is 14.3. The Labute approximate surface area is 130 Å². The Hall–Kier alpha value is -0.693. The van der Waals surface area contributed by atoms with Crippen LogP contribution in [0.4, 0.5) is 0 Å². The highest BCUT2D eigenvalue weighted by atomic mass is 28.4. The average molecular weight is 318 g/mol. The predicted molar refractivity (Wildman–Crippen MR) is 85.0 cm³/mol. The third-order valence-corrected chi connectivity index (χ3v) is 5.51. The van der Waals surface area contributed by atoms with E-state index in [4.69, 9.17) is 18.0 Å². The minimum Gasteiger partial charge on any atom is -0.463 e. The summed E-state index contributed by atoms with van der Waals surface area (Å²) in [5, 5.41) is 0. The van der Waals surface area contributed by atoms with Gasteiger partial charge < -0.3 is 18.0 Å². The van der Waals surface area contributed by atoms with Gasteiger partial charge in [-0.15, -0.1) is 0 Å². The van der Waals surface area contributed by atoms with Crippen LogP contribution >= 0.6 is 0 Å². The Morgan fingerprint density at radius 1 is 0.952 bits per heavy atom. The van der Waals surface area contributed by atoms with Crippen molar-refractivity contribution in [3.63, 3.8) is 0 Å². The lowest BCUT2D eigenvalue weighted by molar-refractivity contribution is -0.137. The maximum absolute atomic E-state index is 11.4. The van der Waals surface area contributed by atoms with Gasteiger partial charge in [-0.05, 0) is 48.5 Å². The normalized spacial score (nSPS) is 12.9. The summed E-state index contributed by atoms with van der Waals surface area (Å²) in [6.07, 6.45) is 2.99. The molecular weight excluding hydrogens is 288 g/mol. The van der Waals surface area contributed by atoms with Gasteiger partial charge in [0.2, 0.25) is 0 Å². The van der Waals surface area contributed by atoms with E-state index in [0.717, 1.165) is 0 Å². The zero-order chi connectivity index (χ0) is 16.5. The number of esters is 1. The molecule has 0 amide bonds. The van der Waals surface area contributed by atoms with Crippen LogP contribution < -0.4 is 0 Å². The lowest BCUT2D eigenvalue weighted by Gasteiger charge is -2.34. The molecule has 0 aliphatic rings. The summed E-state index contributed by atoms with van der Waals surface area (Å²) < 4.78 is 23.1. The number of hydrogen-bond acceptors (Lipinski definition) is 5. The van der Waals surface area contributed by atoms with Gasteiger partial charge >= 0.3 is 14.8 Å². The number of carbonyl (C=O) groups excluding carboxylic acids is 1. The van der Waals surface area contributed by atoms with E-state index < -0.39 is 8.80 Å². The highest BCUT2D eigenvalue weighted by Gasteiger charge is 2.44. The van der Waals surface area contributed by atoms with E-state index in [1.807, 2.05) is 41.5 Å². The van der Waals surface area contributed by atoms with E-state index in [0.29, 0.717) is 6.04 Å². The van der Waals surface area contributed by atoms with Crippen LogP contribution in [0, 0.1) is 0 Å². The van der Waals surface area contributed by atoms with Crippen molar-refractivity contribution in [2.24, 2.45) is 0 Å². The van der Waals surface area contributed by atoms with Gasteiger partial charge in [0.15, 0.2) is 0 Å². The Morgan fingerprint density at radius 2 is 1.38 bits per heavy atom. The summed E-state index contributed by atoms with van der Waals surface area (Å²) in [6.45, 7) is 13.7. The topological polar surface area (TPSA) is 54.0 Å². The van der Waals surface area contributed by atoms with Crippen molar-refractivity contribution >= 4 is 14.8 Å². The highest BCUT2D eigenvalue weighted by molar-refractivity contribution is 6.61. The summed E-state index contributed by atoms with van der Waals surface area (Å²) in [7, 11) is -2.88. The predicted octanol–water partition coefficient (Wildman–Crippen LogP) is 3.32. The van der Waals surface area contributed by atoms with Gasteiger partial charge in [0.05, 0.1) is 12.7 Å². The molecule has 124 valence electrons. The second-order valence-electron chi connectivity index (χ2n) is 5.60. The first-order chi connectivity index (χ1) is 9.70. The molecule has 0 radical (unpaired) electrons. The summed E-state index contributed by atoms with van der Waals surface area (Å²) in [5.41, 5.74) is 0. The third-order valence-electron chi connectivity index (χ3n) is 2.20. The van der Waals surface area contributed by atoms with E-state index in [1.54, 1.807) is 13.0 Å². The van der Waals surface area contributed by atoms with Crippen molar-refractivity contribution in [1.82, 2.24) is 0 Å². The van der Waals surface area contributed by atoms with Crippen LogP contribution in [0.15, 0.2) is 12.2 Å². The van der Waals surface area contributed by atoms with Crippen LogP contribution in [0.5, 0.6) is 0 Å². The molecule has 0 aromatic rings. The molecule has 0 aliphatic heterocycles. The smallest absolute Gasteiger partial charge is 0.463 e. The largest absolute Gasteiger partial charge is 0.505 e. The van der Waals surface area contributed by atoms with Crippen LogP contribution in [0.2, 0.25) is 6.04 Å². The number of ether oxygens (including phenoxy) is 1. The second-order valence-corrected chi connectivity index (χ2v) is 8.17. The lowest BCUT2D eigenvalue weighted by atomic mass is 10.5. The molecule has 0 spiro atoms. The SMILES string of the molecule is CC=CC(=O)OCC[Si](OC(C)C)(OC(C)C)OC(C)C. The fraction of sp³-hybridized carbons (Fsp3) is 0.800. The van der Waals surface area contributed by atoms with Gasteiger partial charge in [-0.2, -0.15) is 0 Å². The van der Waals surface area contributed by atoms with Crippen molar-refractivity contribution in [3.05, 3.63) is 12.2 Å². The first-order valence-corrected chi connectivity index (χ1v) is 9.47. The zero-order valence-corrected chi connectivity index (χ0v) is 15.3. The van der Waals surface area contributed by atoms with Crippen LogP contribution in [0.25, 0.3) is 0 Å². The van der Waals surface area contributed by atoms with Gasteiger partial charge in [0.25, 0.3) is 0 Å². The maximum Gasteiger partial charge on any atom is 0.505 e. The Balaban J connectivity index is 4.84. The van der Waals surface area contributed by atoms with Crippen molar-refractivity contribution in [1.29, 1.82) is 0 Å². The van der Waals surface area contributed by atoms with Crippen molar-refractivity contribution < 1.29 is 22.8 Å². The molecule has 0 N–H and O–H groups in total. The molecule has 0 bridgehead atoms. The van der Waals surface area contributed by atoms with E-state index in [2.05, 4.69) is 0 Å². The first-order valence-electron chi connectivity index (χ1n) is 7.53. The summed E-state index contributed by atoms with van der Waals surface area (Å²) in [6, 6.07) is 0.449. The van der Waals surface area contributed by atoms with Crippen molar-refractivity contribution in [3.8, 4) is 0 Å². The fourth-order valence-electron chi connectivity index (χ4n) is 1.80. The van der Waals surface area contributed by atoms with E-state index in [-0.39, 0.29) is 30.9 Å². The van der Waals surface area contributed by atoms with Crippen LogP contribution in [-0.4, -0.2) is 39.7 Å².